The number of alkyl halides is 2. The van der Waals surface area contributed by atoms with Gasteiger partial charge in [0, 0.05) is 5.31 Å². The third kappa shape index (κ3) is 1.57. The first-order chi connectivity index (χ1) is 7.10. The number of halogens is 2. The van der Waals surface area contributed by atoms with Crippen LogP contribution in [0.2, 0.25) is 5.21 Å². The lowest BCUT2D eigenvalue weighted by molar-refractivity contribution is 0.0616. The molecule has 0 aliphatic heterocycles. The van der Waals surface area contributed by atoms with Crippen LogP contribution < -0.4 is 0 Å². The molecule has 0 saturated carbocycles. The van der Waals surface area contributed by atoms with E-state index in [1.54, 1.807) is 0 Å². The summed E-state index contributed by atoms with van der Waals surface area (Å²) in [5.41, 5.74) is -5.44. The predicted molar refractivity (Wildman–Crippen MR) is 66.2 cm³/mol. The Bertz CT molecular complexity index is 353. The minimum Gasteiger partial charge on any atom is -0.494 e. The summed E-state index contributed by atoms with van der Waals surface area (Å²) in [6.07, 6.45) is 1.41. The second-order valence-corrected chi connectivity index (χ2v) is 4.50. The summed E-state index contributed by atoms with van der Waals surface area (Å²) in [6.45, 7) is 4.35. The lowest BCUT2D eigenvalue weighted by Crippen LogP contribution is -2.50. The van der Waals surface area contributed by atoms with E-state index in [0.29, 0.717) is 0 Å². The Morgan fingerprint density at radius 2 is 1.94 bits per heavy atom. The van der Waals surface area contributed by atoms with Crippen molar-refractivity contribution in [2.75, 3.05) is 6.61 Å². The Morgan fingerprint density at radius 3 is 2.25 bits per heavy atom. The lowest BCUT2D eigenvalue weighted by atomic mass is 9.45. The summed E-state index contributed by atoms with van der Waals surface area (Å²) in [4.78, 5) is 0. The second-order valence-electron chi connectivity index (χ2n) is 3.93. The highest BCUT2D eigenvalue weighted by Gasteiger charge is 2.63. The average molecular weight is 236 g/mol. The summed E-state index contributed by atoms with van der Waals surface area (Å²) in [7, 11) is 18.3. The third-order valence-corrected chi connectivity index (χ3v) is 3.50. The molecule has 0 amide bonds. The van der Waals surface area contributed by atoms with Crippen LogP contribution in [0.3, 0.4) is 0 Å². The molecule has 0 fully saturated rings. The molecular weight excluding hydrogens is 226 g/mol. The monoisotopic (exact) mass is 236 g/mol. The van der Waals surface area contributed by atoms with Gasteiger partial charge in [-0.15, -0.1) is 9.24 Å². The van der Waals surface area contributed by atoms with E-state index in [-0.39, 0.29) is 17.7 Å². The van der Waals surface area contributed by atoms with Crippen LogP contribution >= 0.6 is 9.24 Å². The van der Waals surface area contributed by atoms with E-state index in [2.05, 4.69) is 6.58 Å². The Labute approximate surface area is 101 Å². The van der Waals surface area contributed by atoms with Crippen LogP contribution in [0.25, 0.3) is 0 Å². The van der Waals surface area contributed by atoms with E-state index >= 15 is 0 Å². The average Bonchev–Trinajstić information content (AvgIpc) is 2.23. The topological polar surface area (TPSA) is 9.23 Å². The van der Waals surface area contributed by atoms with Gasteiger partial charge >= 0.3 is 0 Å². The fraction of sp³-hybridized carbons (Fsp3) is 0.556. The van der Waals surface area contributed by atoms with Crippen LogP contribution in [0, 0.1) is 0 Å². The molecule has 0 N–H and O–H groups in total. The molecule has 3 atom stereocenters. The first-order valence-corrected chi connectivity index (χ1v) is 5.17. The number of hydrogen-bond acceptors (Lipinski definition) is 1. The van der Waals surface area contributed by atoms with Gasteiger partial charge in [-0.05, 0) is 12.1 Å². The van der Waals surface area contributed by atoms with Gasteiger partial charge in [0.05, 0.1) is 21.5 Å². The fourth-order valence-electron chi connectivity index (χ4n) is 1.49. The van der Waals surface area contributed by atoms with Gasteiger partial charge in [-0.2, -0.15) is 0 Å². The second kappa shape index (κ2) is 3.91. The van der Waals surface area contributed by atoms with E-state index in [0.717, 1.165) is 6.92 Å². The van der Waals surface area contributed by atoms with Crippen LogP contribution in [-0.2, 0) is 4.74 Å². The minimum atomic E-state index is -2.78. The Hall–Kier alpha value is -0.235. The van der Waals surface area contributed by atoms with Crippen LogP contribution in [-0.4, -0.2) is 41.4 Å². The van der Waals surface area contributed by atoms with Crippen molar-refractivity contribution in [1.82, 2.24) is 0 Å². The standard InChI is InChI=1S/C9H10B3F2OP/c1-3-4-15-5-6(16)9(12,14)7(2,13)8(5,10)11/h3H,1,4,16H2,2H3. The van der Waals surface area contributed by atoms with Crippen molar-refractivity contribution >= 4 is 32.8 Å². The van der Waals surface area contributed by atoms with E-state index in [9.17, 15) is 8.78 Å². The highest BCUT2D eigenvalue weighted by Crippen LogP contribution is 2.61. The minimum absolute atomic E-state index is 0.0372. The summed E-state index contributed by atoms with van der Waals surface area (Å²) >= 11 is 0. The van der Waals surface area contributed by atoms with Crippen LogP contribution in [0.15, 0.2) is 23.7 Å². The smallest absolute Gasteiger partial charge is 0.134 e. The lowest BCUT2D eigenvalue weighted by Gasteiger charge is -2.39. The number of rotatable bonds is 3. The molecule has 0 saturated heterocycles. The van der Waals surface area contributed by atoms with E-state index < -0.39 is 16.5 Å². The molecule has 16 heavy (non-hydrogen) atoms. The molecule has 3 unspecified atom stereocenters. The zero-order chi connectivity index (χ0) is 12.8. The van der Waals surface area contributed by atoms with Gasteiger partial charge in [-0.25, -0.2) is 8.78 Å². The van der Waals surface area contributed by atoms with Crippen molar-refractivity contribution in [2.45, 2.75) is 23.4 Å². The van der Waals surface area contributed by atoms with Gasteiger partial charge in [0.25, 0.3) is 0 Å². The summed E-state index contributed by atoms with van der Waals surface area (Å²) < 4.78 is 33.3. The maximum absolute atomic E-state index is 14.2. The van der Waals surface area contributed by atoms with E-state index in [4.69, 9.17) is 28.3 Å². The number of ether oxygens (including phenoxy) is 1. The summed E-state index contributed by atoms with van der Waals surface area (Å²) in [5.74, 6) is -0.201. The maximum atomic E-state index is 14.2. The third-order valence-electron chi connectivity index (χ3n) is 2.82. The molecule has 0 heterocycles. The Kier molecular flexibility index (Phi) is 3.38. The molecule has 1 rings (SSSR count). The van der Waals surface area contributed by atoms with Crippen molar-refractivity contribution in [3.63, 3.8) is 0 Å². The largest absolute Gasteiger partial charge is 0.494 e. The molecular formula is C9H10B3F2OP. The van der Waals surface area contributed by atoms with Gasteiger partial charge in [-0.3, -0.25) is 0 Å². The van der Waals surface area contributed by atoms with Crippen molar-refractivity contribution in [2.24, 2.45) is 0 Å². The molecule has 6 radical (unpaired) electrons. The first kappa shape index (κ1) is 13.8. The van der Waals surface area contributed by atoms with E-state index in [1.165, 1.54) is 6.08 Å². The van der Waals surface area contributed by atoms with Crippen molar-refractivity contribution in [3.8, 4) is 0 Å². The van der Waals surface area contributed by atoms with Gasteiger partial charge in [-0.1, -0.05) is 12.7 Å². The first-order valence-electron chi connectivity index (χ1n) is 4.59. The zero-order valence-corrected chi connectivity index (χ0v) is 10.1. The molecule has 80 valence electrons. The molecule has 1 aliphatic carbocycles. The van der Waals surface area contributed by atoms with Gasteiger partial charge in [0.2, 0.25) is 0 Å². The highest BCUT2D eigenvalue weighted by atomic mass is 31.0. The predicted octanol–water partition coefficient (Wildman–Crippen LogP) is 1.30. The molecule has 1 aliphatic rings. The van der Waals surface area contributed by atoms with Crippen LogP contribution in [0.4, 0.5) is 8.78 Å². The summed E-state index contributed by atoms with van der Waals surface area (Å²) in [6, 6.07) is 0. The molecule has 0 bridgehead atoms. The van der Waals surface area contributed by atoms with Gasteiger partial charge < -0.3 is 4.74 Å². The van der Waals surface area contributed by atoms with Crippen molar-refractivity contribution < 1.29 is 13.5 Å². The number of allylic oxidation sites excluding steroid dienone is 2. The van der Waals surface area contributed by atoms with Crippen molar-refractivity contribution in [1.29, 1.82) is 0 Å². The Morgan fingerprint density at radius 1 is 1.44 bits per heavy atom. The SMILES string of the molecule is [B]C1([B])C(OCC=C)=C(P)C([B])(F)C1(C)F. The molecule has 7 heteroatoms. The number of hydrogen-bond donors (Lipinski definition) is 0. The van der Waals surface area contributed by atoms with Crippen molar-refractivity contribution in [3.05, 3.63) is 23.7 Å². The Balaban J connectivity index is 3.24. The normalized spacial score (nSPS) is 37.5. The fourth-order valence-corrected chi connectivity index (χ4v) is 2.09. The molecule has 0 aromatic rings. The van der Waals surface area contributed by atoms with Gasteiger partial charge in [0.1, 0.15) is 25.7 Å². The van der Waals surface area contributed by atoms with Crippen LogP contribution in [0.1, 0.15) is 6.92 Å². The molecule has 0 aromatic carbocycles. The molecule has 0 aromatic heterocycles. The highest BCUT2D eigenvalue weighted by molar-refractivity contribution is 7.23. The van der Waals surface area contributed by atoms with Gasteiger partial charge in [0.15, 0.2) is 0 Å². The van der Waals surface area contributed by atoms with Crippen LogP contribution in [0.5, 0.6) is 0 Å². The molecule has 1 nitrogen and oxygen atoms in total. The zero-order valence-electron chi connectivity index (χ0n) is 8.97. The summed E-state index contributed by atoms with van der Waals surface area (Å²) in [5, 5.41) is -2.33. The maximum Gasteiger partial charge on any atom is 0.134 e. The quantitative estimate of drug-likeness (QED) is 0.407. The molecule has 0 spiro atoms. The van der Waals surface area contributed by atoms with E-state index in [1.807, 2.05) is 9.24 Å².